The lowest BCUT2D eigenvalue weighted by atomic mass is 10.2. The zero-order valence-corrected chi connectivity index (χ0v) is 11.9. The van der Waals surface area contributed by atoms with Crippen molar-refractivity contribution in [3.63, 3.8) is 0 Å². The van der Waals surface area contributed by atoms with Crippen molar-refractivity contribution in [1.82, 2.24) is 14.9 Å². The third kappa shape index (κ3) is 5.03. The summed E-state index contributed by atoms with van der Waals surface area (Å²) in [6.45, 7) is 7.07. The van der Waals surface area contributed by atoms with E-state index in [2.05, 4.69) is 9.97 Å². The molecule has 6 nitrogen and oxygen atoms in total. The minimum Gasteiger partial charge on any atom is -0.444 e. The van der Waals surface area contributed by atoms with Crippen molar-refractivity contribution in [1.29, 1.82) is 0 Å². The summed E-state index contributed by atoms with van der Waals surface area (Å²) in [5.74, 6) is -0.0585. The maximum absolute atomic E-state index is 11.8. The van der Waals surface area contributed by atoms with Crippen LogP contribution >= 0.6 is 0 Å². The first kappa shape index (κ1) is 15.1. The van der Waals surface area contributed by atoms with E-state index in [4.69, 9.17) is 4.74 Å². The number of nitrogens with zero attached hydrogens (tertiary/aromatic N) is 3. The monoisotopic (exact) mass is 265 g/mol. The molecule has 1 heterocycles. The van der Waals surface area contributed by atoms with E-state index in [0.29, 0.717) is 5.69 Å². The zero-order valence-electron chi connectivity index (χ0n) is 11.9. The SMILES string of the molecule is CC(=O)c1nccc(CN(C)C(=O)OC(C)(C)C)n1. The van der Waals surface area contributed by atoms with Gasteiger partial charge < -0.3 is 9.64 Å². The molecule has 0 fully saturated rings. The van der Waals surface area contributed by atoms with E-state index in [-0.39, 0.29) is 18.2 Å². The highest BCUT2D eigenvalue weighted by Crippen LogP contribution is 2.10. The number of ether oxygens (including phenoxy) is 1. The molecular weight excluding hydrogens is 246 g/mol. The molecule has 1 aromatic rings. The van der Waals surface area contributed by atoms with Gasteiger partial charge in [0.15, 0.2) is 11.6 Å². The summed E-state index contributed by atoms with van der Waals surface area (Å²) < 4.78 is 5.23. The van der Waals surface area contributed by atoms with E-state index < -0.39 is 11.7 Å². The van der Waals surface area contributed by atoms with Gasteiger partial charge in [-0.1, -0.05) is 0 Å². The fourth-order valence-electron chi connectivity index (χ4n) is 1.30. The van der Waals surface area contributed by atoms with Crippen LogP contribution < -0.4 is 0 Å². The van der Waals surface area contributed by atoms with Crippen LogP contribution in [-0.2, 0) is 11.3 Å². The molecule has 0 saturated carbocycles. The first-order valence-corrected chi connectivity index (χ1v) is 5.96. The number of aromatic nitrogens is 2. The Morgan fingerprint density at radius 2 is 2.00 bits per heavy atom. The van der Waals surface area contributed by atoms with Crippen molar-refractivity contribution < 1.29 is 14.3 Å². The van der Waals surface area contributed by atoms with Crippen molar-refractivity contribution in [2.45, 2.75) is 39.8 Å². The molecule has 0 radical (unpaired) electrons. The summed E-state index contributed by atoms with van der Waals surface area (Å²) in [6.07, 6.45) is 1.07. The molecule has 0 aliphatic heterocycles. The Morgan fingerprint density at radius 1 is 1.37 bits per heavy atom. The number of hydrogen-bond donors (Lipinski definition) is 0. The molecule has 6 heteroatoms. The van der Waals surface area contributed by atoms with Crippen molar-refractivity contribution in [2.24, 2.45) is 0 Å². The number of hydrogen-bond acceptors (Lipinski definition) is 5. The fraction of sp³-hybridized carbons (Fsp3) is 0.538. The first-order valence-electron chi connectivity index (χ1n) is 5.96. The summed E-state index contributed by atoms with van der Waals surface area (Å²) in [6, 6.07) is 1.66. The minimum atomic E-state index is -0.540. The molecule has 19 heavy (non-hydrogen) atoms. The molecular formula is C13H19N3O3. The smallest absolute Gasteiger partial charge is 0.410 e. The molecule has 0 atom stereocenters. The second kappa shape index (κ2) is 5.77. The summed E-state index contributed by atoms with van der Waals surface area (Å²) >= 11 is 0. The maximum atomic E-state index is 11.8. The highest BCUT2D eigenvalue weighted by molar-refractivity contribution is 5.90. The molecule has 0 bridgehead atoms. The molecule has 0 unspecified atom stereocenters. The Hall–Kier alpha value is -1.98. The third-order valence-corrected chi connectivity index (χ3v) is 2.13. The standard InChI is InChI=1S/C13H19N3O3/c1-9(17)11-14-7-6-10(15-11)8-16(5)12(18)19-13(2,3)4/h6-7H,8H2,1-5H3. The quantitative estimate of drug-likeness (QED) is 0.782. The minimum absolute atomic E-state index is 0.148. The summed E-state index contributed by atoms with van der Waals surface area (Å²) in [7, 11) is 1.61. The highest BCUT2D eigenvalue weighted by Gasteiger charge is 2.20. The lowest BCUT2D eigenvalue weighted by Gasteiger charge is -2.24. The molecule has 0 spiro atoms. The summed E-state index contributed by atoms with van der Waals surface area (Å²) in [5, 5.41) is 0. The van der Waals surface area contributed by atoms with Crippen LogP contribution in [0.15, 0.2) is 12.3 Å². The van der Waals surface area contributed by atoms with E-state index in [0.717, 1.165) is 0 Å². The average Bonchev–Trinajstić information content (AvgIpc) is 2.27. The lowest BCUT2D eigenvalue weighted by Crippen LogP contribution is -2.34. The summed E-state index contributed by atoms with van der Waals surface area (Å²) in [5.41, 5.74) is 0.0511. The third-order valence-electron chi connectivity index (χ3n) is 2.13. The number of Topliss-reactive ketones (excluding diaryl/α,β-unsaturated/α-hetero) is 1. The van der Waals surface area contributed by atoms with Gasteiger partial charge in [-0.25, -0.2) is 14.8 Å². The number of carbonyl (C=O) groups is 2. The van der Waals surface area contributed by atoms with E-state index >= 15 is 0 Å². The van der Waals surface area contributed by atoms with E-state index in [9.17, 15) is 9.59 Å². The van der Waals surface area contributed by atoms with E-state index in [1.54, 1.807) is 33.9 Å². The van der Waals surface area contributed by atoms with Gasteiger partial charge >= 0.3 is 6.09 Å². The van der Waals surface area contributed by atoms with Crippen molar-refractivity contribution >= 4 is 11.9 Å². The molecule has 1 aromatic heterocycles. The van der Waals surface area contributed by atoms with Crippen molar-refractivity contribution in [3.8, 4) is 0 Å². The van der Waals surface area contributed by atoms with Crippen LogP contribution in [-0.4, -0.2) is 39.4 Å². The van der Waals surface area contributed by atoms with Crippen LogP contribution in [0.25, 0.3) is 0 Å². The van der Waals surface area contributed by atoms with Crippen LogP contribution in [0.1, 0.15) is 44.0 Å². The predicted octanol–water partition coefficient (Wildman–Crippen LogP) is 2.05. The first-order chi connectivity index (χ1) is 8.69. The van der Waals surface area contributed by atoms with Gasteiger partial charge in [-0.05, 0) is 26.8 Å². The van der Waals surface area contributed by atoms with Crippen LogP contribution in [0.4, 0.5) is 4.79 Å². The molecule has 104 valence electrons. The fourth-order valence-corrected chi connectivity index (χ4v) is 1.30. The van der Waals surface area contributed by atoms with Gasteiger partial charge in [-0.3, -0.25) is 4.79 Å². The molecule has 0 aliphatic carbocycles. The normalized spacial score (nSPS) is 11.0. The van der Waals surface area contributed by atoms with Crippen molar-refractivity contribution in [2.75, 3.05) is 7.05 Å². The van der Waals surface area contributed by atoms with Gasteiger partial charge in [0.1, 0.15) is 5.60 Å². The summed E-state index contributed by atoms with van der Waals surface area (Å²) in [4.78, 5) is 32.3. The second-order valence-corrected chi connectivity index (χ2v) is 5.26. The molecule has 0 N–H and O–H groups in total. The van der Waals surface area contributed by atoms with Crippen LogP contribution in [0.3, 0.4) is 0 Å². The van der Waals surface area contributed by atoms with E-state index in [1.165, 1.54) is 18.0 Å². The molecule has 1 rings (SSSR count). The largest absolute Gasteiger partial charge is 0.444 e. The van der Waals surface area contributed by atoms with Gasteiger partial charge in [0.05, 0.1) is 12.2 Å². The molecule has 0 saturated heterocycles. The van der Waals surface area contributed by atoms with Crippen LogP contribution in [0, 0.1) is 0 Å². The number of rotatable bonds is 3. The maximum Gasteiger partial charge on any atom is 0.410 e. The van der Waals surface area contributed by atoms with E-state index in [1.807, 2.05) is 0 Å². The molecule has 0 aromatic carbocycles. The highest BCUT2D eigenvalue weighted by atomic mass is 16.6. The van der Waals surface area contributed by atoms with Crippen LogP contribution in [0.5, 0.6) is 0 Å². The predicted molar refractivity (Wildman–Crippen MR) is 69.7 cm³/mol. The Labute approximate surface area is 112 Å². The van der Waals surface area contributed by atoms with Gasteiger partial charge in [0, 0.05) is 20.2 Å². The van der Waals surface area contributed by atoms with Gasteiger partial charge in [0.2, 0.25) is 0 Å². The van der Waals surface area contributed by atoms with Gasteiger partial charge in [-0.2, -0.15) is 0 Å². The molecule has 1 amide bonds. The lowest BCUT2D eigenvalue weighted by molar-refractivity contribution is 0.0283. The van der Waals surface area contributed by atoms with Crippen molar-refractivity contribution in [3.05, 3.63) is 23.8 Å². The topological polar surface area (TPSA) is 72.4 Å². The zero-order chi connectivity index (χ0) is 14.6. The number of amides is 1. The Morgan fingerprint density at radius 3 is 2.53 bits per heavy atom. The Kier molecular flexibility index (Phi) is 4.58. The Bertz CT molecular complexity index is 480. The van der Waals surface area contributed by atoms with Gasteiger partial charge in [0.25, 0.3) is 0 Å². The second-order valence-electron chi connectivity index (χ2n) is 5.26. The van der Waals surface area contributed by atoms with Gasteiger partial charge in [-0.15, -0.1) is 0 Å². The van der Waals surface area contributed by atoms with Crippen LogP contribution in [0.2, 0.25) is 0 Å². The number of ketones is 1. The Balaban J connectivity index is 2.71. The number of carbonyl (C=O) groups excluding carboxylic acids is 2. The molecule has 0 aliphatic rings. The average molecular weight is 265 g/mol.